The Balaban J connectivity index is 2.03. The van der Waals surface area contributed by atoms with Crippen molar-refractivity contribution in [2.24, 2.45) is 11.0 Å². The Morgan fingerprint density at radius 3 is 2.62 bits per heavy atom. The largest absolute Gasteiger partial charge is 0.390 e. The van der Waals surface area contributed by atoms with Crippen molar-refractivity contribution < 1.29 is 24.6 Å². The summed E-state index contributed by atoms with van der Waals surface area (Å²) < 4.78 is 0. The van der Waals surface area contributed by atoms with E-state index in [1.807, 2.05) is 0 Å². The highest BCUT2D eigenvalue weighted by Crippen LogP contribution is 2.32. The summed E-state index contributed by atoms with van der Waals surface area (Å²) in [6, 6.07) is 0. The molecule has 0 aromatic carbocycles. The fraction of sp³-hybridized carbons (Fsp3) is 0.667. The molecule has 0 radical (unpaired) electrons. The highest BCUT2D eigenvalue weighted by atomic mass is 16.3. The van der Waals surface area contributed by atoms with Crippen molar-refractivity contribution in [2.75, 3.05) is 13.2 Å². The van der Waals surface area contributed by atoms with Gasteiger partial charge in [0.05, 0.1) is 12.3 Å². The number of aliphatic hydroxyl groups is 2. The van der Waals surface area contributed by atoms with E-state index in [9.17, 15) is 24.6 Å². The molecule has 1 fully saturated rings. The second kappa shape index (κ2) is 9.05. The number of hydrogen-bond donors (Lipinski definition) is 3. The zero-order valence-electron chi connectivity index (χ0n) is 15.1. The molecule has 2 aliphatic rings. The maximum atomic E-state index is 12.0. The van der Waals surface area contributed by atoms with Gasteiger partial charge in [0.2, 0.25) is 0 Å². The van der Waals surface area contributed by atoms with Gasteiger partial charge in [-0.1, -0.05) is 39.0 Å². The summed E-state index contributed by atoms with van der Waals surface area (Å²) in [4.78, 5) is 35.7. The van der Waals surface area contributed by atoms with Crippen molar-refractivity contribution in [3.63, 3.8) is 0 Å². The summed E-state index contributed by atoms with van der Waals surface area (Å²) in [6.07, 6.45) is 8.08. The fourth-order valence-electron chi connectivity index (χ4n) is 3.50. The molecule has 0 spiro atoms. The Kier molecular flexibility index (Phi) is 7.05. The second-order valence-electron chi connectivity index (χ2n) is 6.96. The summed E-state index contributed by atoms with van der Waals surface area (Å²) in [5.41, 5.74) is 1.10. The van der Waals surface area contributed by atoms with Crippen LogP contribution in [0.5, 0.6) is 0 Å². The average Bonchev–Trinajstić information content (AvgIpc) is 2.90. The SMILES string of the molecule is CCC1CCCCCC(O)(/C(CO)=N/NC(=O)CN2C(=O)C=CC2=O)C1. The van der Waals surface area contributed by atoms with E-state index in [-0.39, 0.29) is 5.71 Å². The maximum absolute atomic E-state index is 12.0. The van der Waals surface area contributed by atoms with Crippen molar-refractivity contribution in [2.45, 2.75) is 57.5 Å². The molecule has 0 bridgehead atoms. The second-order valence-corrected chi connectivity index (χ2v) is 6.96. The van der Waals surface area contributed by atoms with E-state index >= 15 is 0 Å². The topological polar surface area (TPSA) is 119 Å². The van der Waals surface area contributed by atoms with Crippen LogP contribution in [-0.2, 0) is 14.4 Å². The highest BCUT2D eigenvalue weighted by Gasteiger charge is 2.36. The van der Waals surface area contributed by atoms with Crippen LogP contribution in [0.1, 0.15) is 51.9 Å². The number of amides is 3. The van der Waals surface area contributed by atoms with Crippen LogP contribution in [0.4, 0.5) is 0 Å². The lowest BCUT2D eigenvalue weighted by Crippen LogP contribution is -2.45. The van der Waals surface area contributed by atoms with Gasteiger partial charge in [0.15, 0.2) is 0 Å². The molecule has 3 amide bonds. The Bertz CT molecular complexity index is 598. The Morgan fingerprint density at radius 1 is 1.31 bits per heavy atom. The molecule has 0 aromatic rings. The minimum Gasteiger partial charge on any atom is -0.390 e. The summed E-state index contributed by atoms with van der Waals surface area (Å²) in [6.45, 7) is 1.14. The van der Waals surface area contributed by atoms with Crippen LogP contribution in [0, 0.1) is 5.92 Å². The van der Waals surface area contributed by atoms with Gasteiger partial charge in [-0.2, -0.15) is 5.10 Å². The van der Waals surface area contributed by atoms with Crippen LogP contribution in [0.2, 0.25) is 0 Å². The van der Waals surface area contributed by atoms with Gasteiger partial charge in [0.1, 0.15) is 12.1 Å². The van der Waals surface area contributed by atoms with Gasteiger partial charge < -0.3 is 10.2 Å². The third kappa shape index (κ3) is 4.98. The molecule has 1 heterocycles. The predicted molar refractivity (Wildman–Crippen MR) is 95.0 cm³/mol. The number of hydrogen-bond acceptors (Lipinski definition) is 6. The van der Waals surface area contributed by atoms with Crippen LogP contribution < -0.4 is 5.43 Å². The van der Waals surface area contributed by atoms with Gasteiger partial charge in [-0.15, -0.1) is 0 Å². The molecule has 1 aliphatic carbocycles. The van der Waals surface area contributed by atoms with Crippen LogP contribution >= 0.6 is 0 Å². The van der Waals surface area contributed by atoms with Crippen molar-refractivity contribution in [1.82, 2.24) is 10.3 Å². The lowest BCUT2D eigenvalue weighted by Gasteiger charge is -2.34. The molecule has 8 nitrogen and oxygen atoms in total. The third-order valence-corrected chi connectivity index (χ3v) is 5.11. The van der Waals surface area contributed by atoms with E-state index in [1.54, 1.807) is 0 Å². The quantitative estimate of drug-likeness (QED) is 0.359. The van der Waals surface area contributed by atoms with Gasteiger partial charge in [0.25, 0.3) is 17.7 Å². The van der Waals surface area contributed by atoms with Gasteiger partial charge in [-0.25, -0.2) is 5.43 Å². The molecule has 0 aromatic heterocycles. The zero-order valence-corrected chi connectivity index (χ0v) is 15.1. The Labute approximate surface area is 152 Å². The van der Waals surface area contributed by atoms with Crippen LogP contribution in [0.25, 0.3) is 0 Å². The van der Waals surface area contributed by atoms with Gasteiger partial charge in [-0.3, -0.25) is 19.3 Å². The number of nitrogens with zero attached hydrogens (tertiary/aromatic N) is 2. The Morgan fingerprint density at radius 2 is 2.00 bits per heavy atom. The van der Waals surface area contributed by atoms with Crippen LogP contribution in [0.3, 0.4) is 0 Å². The molecule has 2 atom stereocenters. The number of rotatable bonds is 6. The molecule has 1 saturated carbocycles. The molecule has 8 heteroatoms. The van der Waals surface area contributed by atoms with E-state index in [2.05, 4.69) is 17.5 Å². The maximum Gasteiger partial charge on any atom is 0.260 e. The lowest BCUT2D eigenvalue weighted by atomic mass is 9.77. The van der Waals surface area contributed by atoms with Crippen LogP contribution in [-0.4, -0.2) is 57.3 Å². The highest BCUT2D eigenvalue weighted by molar-refractivity contribution is 6.14. The standard InChI is InChI=1S/C18H27N3O5/c1-2-13-6-4-3-5-9-18(26,10-13)14(12-22)19-20-15(23)11-21-16(24)7-8-17(21)25/h7-8,13,22,26H,2-6,9-12H2,1H3,(H,20,23)/b19-14+. The monoisotopic (exact) mass is 365 g/mol. The summed E-state index contributed by atoms with van der Waals surface area (Å²) in [7, 11) is 0. The molecule has 2 rings (SSSR count). The average molecular weight is 365 g/mol. The number of aliphatic hydroxyl groups excluding tert-OH is 1. The fourth-order valence-corrected chi connectivity index (χ4v) is 3.50. The van der Waals surface area contributed by atoms with E-state index in [0.717, 1.165) is 49.2 Å². The predicted octanol–water partition coefficient (Wildman–Crippen LogP) is 0.487. The van der Waals surface area contributed by atoms with Crippen molar-refractivity contribution in [3.05, 3.63) is 12.2 Å². The van der Waals surface area contributed by atoms with Crippen molar-refractivity contribution in [1.29, 1.82) is 0 Å². The number of imide groups is 1. The molecular formula is C18H27N3O5. The van der Waals surface area contributed by atoms with Gasteiger partial charge in [-0.05, 0) is 18.8 Å². The summed E-state index contributed by atoms with van der Waals surface area (Å²) in [5, 5.41) is 24.6. The third-order valence-electron chi connectivity index (χ3n) is 5.11. The first-order valence-electron chi connectivity index (χ1n) is 9.12. The summed E-state index contributed by atoms with van der Waals surface area (Å²) in [5.74, 6) is -1.44. The molecular weight excluding hydrogens is 338 g/mol. The number of nitrogens with one attached hydrogen (secondary N) is 1. The number of carbonyl (C=O) groups excluding carboxylic acids is 3. The molecule has 26 heavy (non-hydrogen) atoms. The van der Waals surface area contributed by atoms with Gasteiger partial charge in [0, 0.05) is 12.2 Å². The van der Waals surface area contributed by atoms with E-state index in [0.29, 0.717) is 18.8 Å². The minimum absolute atomic E-state index is 0.114. The zero-order chi connectivity index (χ0) is 19.2. The van der Waals surface area contributed by atoms with E-state index < -0.39 is 36.5 Å². The normalized spacial score (nSPS) is 27.4. The Hall–Kier alpha value is -2.06. The molecule has 3 N–H and O–H groups in total. The molecule has 1 aliphatic heterocycles. The molecule has 2 unspecified atom stereocenters. The van der Waals surface area contributed by atoms with Crippen molar-refractivity contribution in [3.8, 4) is 0 Å². The van der Waals surface area contributed by atoms with Gasteiger partial charge >= 0.3 is 0 Å². The molecule has 0 saturated heterocycles. The first-order valence-corrected chi connectivity index (χ1v) is 9.12. The number of hydrazone groups is 1. The smallest absolute Gasteiger partial charge is 0.260 e. The number of carbonyl (C=O) groups is 3. The first-order chi connectivity index (χ1) is 12.4. The van der Waals surface area contributed by atoms with E-state index in [1.165, 1.54) is 0 Å². The lowest BCUT2D eigenvalue weighted by molar-refractivity contribution is -0.141. The summed E-state index contributed by atoms with van der Waals surface area (Å²) >= 11 is 0. The first kappa shape index (κ1) is 20.3. The molecule has 144 valence electrons. The van der Waals surface area contributed by atoms with Crippen LogP contribution in [0.15, 0.2) is 17.3 Å². The van der Waals surface area contributed by atoms with Crippen molar-refractivity contribution >= 4 is 23.4 Å². The minimum atomic E-state index is -1.26. The van der Waals surface area contributed by atoms with E-state index in [4.69, 9.17) is 0 Å².